The lowest BCUT2D eigenvalue weighted by molar-refractivity contribution is -0.133. The van der Waals surface area contributed by atoms with Crippen molar-refractivity contribution in [3.8, 4) is 0 Å². The van der Waals surface area contributed by atoms with Gasteiger partial charge < -0.3 is 10.6 Å². The molecule has 2 N–H and O–H groups in total. The Balaban J connectivity index is 1.63. The molecule has 22 heavy (non-hydrogen) atoms. The highest BCUT2D eigenvalue weighted by molar-refractivity contribution is 5.76. The van der Waals surface area contributed by atoms with Crippen molar-refractivity contribution in [1.82, 2.24) is 9.80 Å². The number of amides is 1. The lowest BCUT2D eigenvalue weighted by atomic mass is 10.1. The van der Waals surface area contributed by atoms with Gasteiger partial charge in [-0.1, -0.05) is 43.2 Å². The van der Waals surface area contributed by atoms with Gasteiger partial charge in [0.05, 0.1) is 0 Å². The fraction of sp³-hybridized carbons (Fsp3) is 0.611. The van der Waals surface area contributed by atoms with Gasteiger partial charge in [0.1, 0.15) is 0 Å². The molecule has 1 amide bonds. The number of nitrogens with zero attached hydrogens (tertiary/aromatic N) is 2. The van der Waals surface area contributed by atoms with E-state index in [1.54, 1.807) is 0 Å². The van der Waals surface area contributed by atoms with Gasteiger partial charge in [-0.15, -0.1) is 0 Å². The van der Waals surface area contributed by atoms with E-state index in [0.29, 0.717) is 12.3 Å². The maximum atomic E-state index is 12.2. The van der Waals surface area contributed by atoms with Gasteiger partial charge in [-0.05, 0) is 24.9 Å². The predicted octanol–water partition coefficient (Wildman–Crippen LogP) is 2.24. The van der Waals surface area contributed by atoms with Gasteiger partial charge in [0.15, 0.2) is 0 Å². The van der Waals surface area contributed by atoms with Crippen LogP contribution in [0.1, 0.15) is 37.7 Å². The van der Waals surface area contributed by atoms with E-state index < -0.39 is 0 Å². The molecule has 1 aliphatic rings. The minimum Gasteiger partial charge on any atom is -0.340 e. The number of nitrogens with two attached hydrogens (primary N) is 1. The average molecular weight is 303 g/mol. The van der Waals surface area contributed by atoms with E-state index >= 15 is 0 Å². The highest BCUT2D eigenvalue weighted by Crippen LogP contribution is 2.11. The molecule has 0 aliphatic carbocycles. The Morgan fingerprint density at radius 1 is 0.955 bits per heavy atom. The molecule has 1 aromatic carbocycles. The molecule has 0 unspecified atom stereocenters. The van der Waals surface area contributed by atoms with Crippen molar-refractivity contribution in [2.24, 2.45) is 5.73 Å². The van der Waals surface area contributed by atoms with Crippen LogP contribution in [0.4, 0.5) is 0 Å². The van der Waals surface area contributed by atoms with Crippen LogP contribution in [0.25, 0.3) is 0 Å². The van der Waals surface area contributed by atoms with Crippen molar-refractivity contribution in [1.29, 1.82) is 0 Å². The van der Waals surface area contributed by atoms with Crippen molar-refractivity contribution in [2.75, 3.05) is 32.7 Å². The number of benzene rings is 1. The monoisotopic (exact) mass is 303 g/mol. The Bertz CT molecular complexity index is 427. The standard InChI is InChI=1S/C18H29N3O/c19-11-7-2-1-6-10-18(22)21-14-12-20(13-15-21)16-17-8-4-3-5-9-17/h3-5,8-9H,1-2,6-7,10-16,19H2. The van der Waals surface area contributed by atoms with E-state index in [2.05, 4.69) is 29.2 Å². The summed E-state index contributed by atoms with van der Waals surface area (Å²) in [4.78, 5) is 16.6. The first-order valence-electron chi connectivity index (χ1n) is 8.53. The van der Waals surface area contributed by atoms with Crippen molar-refractivity contribution in [3.05, 3.63) is 35.9 Å². The molecule has 1 aliphatic heterocycles. The SMILES string of the molecule is NCCCCCCC(=O)N1CCN(Cc2ccccc2)CC1. The van der Waals surface area contributed by atoms with E-state index in [9.17, 15) is 4.79 Å². The molecule has 4 heteroatoms. The van der Waals surface area contributed by atoms with Crippen molar-refractivity contribution < 1.29 is 4.79 Å². The summed E-state index contributed by atoms with van der Waals surface area (Å²) in [6.07, 6.45) is 5.05. The lowest BCUT2D eigenvalue weighted by Crippen LogP contribution is -2.48. The molecule has 0 atom stereocenters. The first kappa shape index (κ1) is 17.0. The Morgan fingerprint density at radius 3 is 2.32 bits per heavy atom. The third kappa shape index (κ3) is 5.78. The summed E-state index contributed by atoms with van der Waals surface area (Å²) in [5.41, 5.74) is 6.83. The molecule has 0 saturated carbocycles. The second-order valence-corrected chi connectivity index (χ2v) is 6.10. The molecule has 0 spiro atoms. The van der Waals surface area contributed by atoms with Crippen LogP contribution in [0.5, 0.6) is 0 Å². The zero-order chi connectivity index (χ0) is 15.6. The number of piperazine rings is 1. The quantitative estimate of drug-likeness (QED) is 0.749. The molecule has 122 valence electrons. The van der Waals surface area contributed by atoms with Crippen LogP contribution in [0.3, 0.4) is 0 Å². The van der Waals surface area contributed by atoms with Crippen LogP contribution in [0.2, 0.25) is 0 Å². The molecular formula is C18H29N3O. The zero-order valence-corrected chi connectivity index (χ0v) is 13.5. The number of hydrogen-bond acceptors (Lipinski definition) is 3. The summed E-state index contributed by atoms with van der Waals surface area (Å²) in [5, 5.41) is 0. The van der Waals surface area contributed by atoms with Gasteiger partial charge in [-0.2, -0.15) is 0 Å². The summed E-state index contributed by atoms with van der Waals surface area (Å²) < 4.78 is 0. The number of carbonyl (C=O) groups excluding carboxylic acids is 1. The molecule has 4 nitrogen and oxygen atoms in total. The summed E-state index contributed by atoms with van der Waals surface area (Å²) in [7, 11) is 0. The van der Waals surface area contributed by atoms with Gasteiger partial charge in [-0.25, -0.2) is 0 Å². The molecule has 2 rings (SSSR count). The highest BCUT2D eigenvalue weighted by Gasteiger charge is 2.20. The first-order valence-corrected chi connectivity index (χ1v) is 8.53. The Hall–Kier alpha value is -1.39. The fourth-order valence-electron chi connectivity index (χ4n) is 2.93. The Labute approximate surface area is 134 Å². The van der Waals surface area contributed by atoms with Gasteiger partial charge in [0.2, 0.25) is 5.91 Å². The molecule has 0 aromatic heterocycles. The van der Waals surface area contributed by atoms with Crippen LogP contribution >= 0.6 is 0 Å². The third-order valence-electron chi connectivity index (χ3n) is 4.32. The topological polar surface area (TPSA) is 49.6 Å². The second-order valence-electron chi connectivity index (χ2n) is 6.10. The number of unbranched alkanes of at least 4 members (excludes halogenated alkanes) is 3. The zero-order valence-electron chi connectivity index (χ0n) is 13.5. The normalized spacial score (nSPS) is 16.0. The molecular weight excluding hydrogens is 274 g/mol. The summed E-state index contributed by atoms with van der Waals surface area (Å²) >= 11 is 0. The molecule has 1 aromatic rings. The van der Waals surface area contributed by atoms with E-state index in [0.717, 1.165) is 65.0 Å². The summed E-state index contributed by atoms with van der Waals surface area (Å²) in [6, 6.07) is 10.5. The number of carbonyl (C=O) groups is 1. The minimum absolute atomic E-state index is 0.326. The van der Waals surface area contributed by atoms with Crippen LogP contribution < -0.4 is 5.73 Å². The average Bonchev–Trinajstić information content (AvgIpc) is 2.56. The smallest absolute Gasteiger partial charge is 0.222 e. The molecule has 1 saturated heterocycles. The van der Waals surface area contributed by atoms with Crippen molar-refractivity contribution in [2.45, 2.75) is 38.6 Å². The largest absolute Gasteiger partial charge is 0.340 e. The van der Waals surface area contributed by atoms with Gasteiger partial charge in [0, 0.05) is 39.1 Å². The number of hydrogen-bond donors (Lipinski definition) is 1. The third-order valence-corrected chi connectivity index (χ3v) is 4.32. The predicted molar refractivity (Wildman–Crippen MR) is 90.4 cm³/mol. The fourth-order valence-corrected chi connectivity index (χ4v) is 2.93. The maximum Gasteiger partial charge on any atom is 0.222 e. The maximum absolute atomic E-state index is 12.2. The van der Waals surface area contributed by atoms with Gasteiger partial charge >= 0.3 is 0 Å². The van der Waals surface area contributed by atoms with E-state index in [1.165, 1.54) is 5.56 Å². The van der Waals surface area contributed by atoms with Crippen LogP contribution in [0.15, 0.2) is 30.3 Å². The first-order chi connectivity index (χ1) is 10.8. The number of rotatable bonds is 8. The molecule has 1 fully saturated rings. The molecule has 0 bridgehead atoms. The van der Waals surface area contributed by atoms with E-state index in [4.69, 9.17) is 5.73 Å². The van der Waals surface area contributed by atoms with Crippen LogP contribution in [0, 0.1) is 0 Å². The Morgan fingerprint density at radius 2 is 1.64 bits per heavy atom. The minimum atomic E-state index is 0.326. The van der Waals surface area contributed by atoms with Gasteiger partial charge in [-0.3, -0.25) is 9.69 Å². The van der Waals surface area contributed by atoms with Crippen molar-refractivity contribution >= 4 is 5.91 Å². The van der Waals surface area contributed by atoms with Crippen LogP contribution in [-0.2, 0) is 11.3 Å². The lowest BCUT2D eigenvalue weighted by Gasteiger charge is -2.34. The summed E-state index contributed by atoms with van der Waals surface area (Å²) in [5.74, 6) is 0.326. The molecule has 0 radical (unpaired) electrons. The van der Waals surface area contributed by atoms with E-state index in [-0.39, 0.29) is 0 Å². The van der Waals surface area contributed by atoms with Crippen molar-refractivity contribution in [3.63, 3.8) is 0 Å². The summed E-state index contributed by atoms with van der Waals surface area (Å²) in [6.45, 7) is 5.45. The second kappa shape index (κ2) is 9.59. The van der Waals surface area contributed by atoms with Gasteiger partial charge in [0.25, 0.3) is 0 Å². The van der Waals surface area contributed by atoms with E-state index in [1.807, 2.05) is 11.0 Å². The Kier molecular flexibility index (Phi) is 7.40. The van der Waals surface area contributed by atoms with Crippen LogP contribution in [-0.4, -0.2) is 48.4 Å². The molecule has 1 heterocycles. The highest BCUT2D eigenvalue weighted by atomic mass is 16.2.